The highest BCUT2D eigenvalue weighted by atomic mass is 19.2. The van der Waals surface area contributed by atoms with Crippen LogP contribution in [0.15, 0.2) is 54.4 Å². The maximum atomic E-state index is 13.9. The van der Waals surface area contributed by atoms with Gasteiger partial charge in [0.15, 0.2) is 11.6 Å². The molecule has 2 heterocycles. The van der Waals surface area contributed by atoms with Crippen LogP contribution in [0.5, 0.6) is 0 Å². The Morgan fingerprint density at radius 1 is 1.04 bits per heavy atom. The number of nitrogens with zero attached hydrogens (tertiary/aromatic N) is 3. The summed E-state index contributed by atoms with van der Waals surface area (Å²) in [6.45, 7) is 0. The zero-order chi connectivity index (χ0) is 17.7. The van der Waals surface area contributed by atoms with Crippen LogP contribution in [0.4, 0.5) is 14.7 Å². The van der Waals surface area contributed by atoms with E-state index in [1.54, 1.807) is 10.7 Å². The fourth-order valence-corrected chi connectivity index (χ4v) is 3.98. The number of benzene rings is 2. The molecule has 0 radical (unpaired) electrons. The molecule has 5 rings (SSSR count). The lowest BCUT2D eigenvalue weighted by Crippen LogP contribution is -2.25. The van der Waals surface area contributed by atoms with Gasteiger partial charge in [0.2, 0.25) is 5.95 Å². The van der Waals surface area contributed by atoms with Crippen molar-refractivity contribution in [3.8, 4) is 0 Å². The summed E-state index contributed by atoms with van der Waals surface area (Å²) in [7, 11) is 0. The normalized spacial score (nSPS) is 18.5. The highest BCUT2D eigenvalue weighted by molar-refractivity contribution is 5.82. The number of halogens is 2. The van der Waals surface area contributed by atoms with Crippen LogP contribution in [0.2, 0.25) is 0 Å². The van der Waals surface area contributed by atoms with Gasteiger partial charge in [0.1, 0.15) is 12.4 Å². The molecule has 4 nitrogen and oxygen atoms in total. The van der Waals surface area contributed by atoms with E-state index >= 15 is 0 Å². The second-order valence-corrected chi connectivity index (χ2v) is 6.64. The number of anilines is 1. The number of hydrogen-bond donors (Lipinski definition) is 1. The minimum atomic E-state index is -0.848. The maximum Gasteiger partial charge on any atom is 0.226 e. The number of rotatable bonds is 1. The summed E-state index contributed by atoms with van der Waals surface area (Å²) >= 11 is 0. The predicted molar refractivity (Wildman–Crippen MR) is 94.4 cm³/mol. The quantitative estimate of drug-likeness (QED) is 0.711. The van der Waals surface area contributed by atoms with Crippen molar-refractivity contribution < 1.29 is 8.78 Å². The molecule has 0 spiro atoms. The minimum Gasteiger partial charge on any atom is -0.324 e. The summed E-state index contributed by atoms with van der Waals surface area (Å²) in [5.74, 6) is -1.09. The Bertz CT molecular complexity index is 1040. The smallest absolute Gasteiger partial charge is 0.226 e. The average molecular weight is 350 g/mol. The van der Waals surface area contributed by atoms with E-state index < -0.39 is 11.6 Å². The van der Waals surface area contributed by atoms with Crippen LogP contribution in [0.25, 0.3) is 5.70 Å². The lowest BCUT2D eigenvalue weighted by atomic mass is 9.91. The number of allylic oxidation sites excluding steroid dienone is 1. The molecule has 0 saturated heterocycles. The van der Waals surface area contributed by atoms with Crippen molar-refractivity contribution in [2.24, 2.45) is 0 Å². The molecule has 0 amide bonds. The first-order chi connectivity index (χ1) is 12.7. The van der Waals surface area contributed by atoms with Crippen molar-refractivity contribution >= 4 is 11.6 Å². The van der Waals surface area contributed by atoms with Crippen LogP contribution in [-0.2, 0) is 6.42 Å². The van der Waals surface area contributed by atoms with E-state index in [1.807, 2.05) is 12.1 Å². The van der Waals surface area contributed by atoms with E-state index in [1.165, 1.54) is 24.0 Å². The van der Waals surface area contributed by atoms with Crippen molar-refractivity contribution in [3.63, 3.8) is 0 Å². The van der Waals surface area contributed by atoms with Crippen molar-refractivity contribution in [3.05, 3.63) is 82.7 Å². The van der Waals surface area contributed by atoms with E-state index in [2.05, 4.69) is 27.5 Å². The number of aryl methyl sites for hydroxylation is 1. The van der Waals surface area contributed by atoms with Gasteiger partial charge < -0.3 is 5.32 Å². The number of fused-ring (bicyclic) bond motifs is 3. The van der Waals surface area contributed by atoms with Gasteiger partial charge in [-0.1, -0.05) is 30.3 Å². The second kappa shape index (κ2) is 5.76. The zero-order valence-corrected chi connectivity index (χ0v) is 13.9. The van der Waals surface area contributed by atoms with Crippen LogP contribution in [0.1, 0.15) is 35.6 Å². The third-order valence-electron chi connectivity index (χ3n) is 5.14. The van der Waals surface area contributed by atoms with E-state index in [0.29, 0.717) is 11.5 Å². The molecule has 26 heavy (non-hydrogen) atoms. The molecular formula is C20H16F2N4. The molecule has 1 atom stereocenters. The summed E-state index contributed by atoms with van der Waals surface area (Å²) < 4.78 is 29.1. The van der Waals surface area contributed by atoms with Gasteiger partial charge in [0, 0.05) is 5.56 Å². The summed E-state index contributed by atoms with van der Waals surface area (Å²) in [6, 6.07) is 12.1. The molecule has 3 aromatic rings. The largest absolute Gasteiger partial charge is 0.324 e. The molecule has 0 unspecified atom stereocenters. The van der Waals surface area contributed by atoms with Crippen molar-refractivity contribution in [1.29, 1.82) is 0 Å². The molecular weight excluding hydrogens is 334 g/mol. The molecule has 130 valence electrons. The first-order valence-corrected chi connectivity index (χ1v) is 8.65. The number of hydrogen-bond acceptors (Lipinski definition) is 3. The molecule has 1 aliphatic heterocycles. The third-order valence-corrected chi connectivity index (χ3v) is 5.14. The highest BCUT2D eigenvalue weighted by Gasteiger charge is 2.33. The summed E-state index contributed by atoms with van der Waals surface area (Å²) in [5, 5.41) is 7.74. The second-order valence-electron chi connectivity index (χ2n) is 6.64. The standard InChI is InChI=1S/C20H16F2N4/c21-16-9-8-13(10-17(16)22)19-15-7-3-5-12-4-1-2-6-14(12)18(15)25-20-23-11-24-26(19)20/h1-2,4,6,8-11,19H,3,5,7H2,(H,23,24,25)/t19-/m1/s1. The Labute approximate surface area is 149 Å². The fourth-order valence-electron chi connectivity index (χ4n) is 3.98. The number of nitrogens with one attached hydrogen (secondary N) is 1. The van der Waals surface area contributed by atoms with E-state index in [-0.39, 0.29) is 6.04 Å². The van der Waals surface area contributed by atoms with E-state index in [0.717, 1.165) is 36.1 Å². The van der Waals surface area contributed by atoms with E-state index in [4.69, 9.17) is 0 Å². The highest BCUT2D eigenvalue weighted by Crippen LogP contribution is 2.43. The molecule has 0 saturated carbocycles. The molecule has 0 bridgehead atoms. The lowest BCUT2D eigenvalue weighted by Gasteiger charge is -2.30. The summed E-state index contributed by atoms with van der Waals surface area (Å²) in [5.41, 5.74) is 5.22. The predicted octanol–water partition coefficient (Wildman–Crippen LogP) is 4.32. The topological polar surface area (TPSA) is 42.7 Å². The fraction of sp³-hybridized carbons (Fsp3) is 0.200. The Kier molecular flexibility index (Phi) is 3.38. The van der Waals surface area contributed by atoms with Crippen LogP contribution < -0.4 is 5.32 Å². The lowest BCUT2D eigenvalue weighted by molar-refractivity contribution is 0.500. The van der Waals surface area contributed by atoms with Gasteiger partial charge in [-0.2, -0.15) is 10.1 Å². The van der Waals surface area contributed by atoms with E-state index in [9.17, 15) is 8.78 Å². The Hall–Kier alpha value is -3.02. The summed E-state index contributed by atoms with van der Waals surface area (Å²) in [4.78, 5) is 4.31. The van der Waals surface area contributed by atoms with Crippen molar-refractivity contribution in [1.82, 2.24) is 14.8 Å². The zero-order valence-electron chi connectivity index (χ0n) is 13.9. The molecule has 1 aliphatic carbocycles. The molecule has 0 fully saturated rings. The SMILES string of the molecule is Fc1ccc([C@@H]2C3=C(Nc4ncnn42)c2ccccc2CCC3)cc1F. The van der Waals surface area contributed by atoms with Gasteiger partial charge in [-0.15, -0.1) is 0 Å². The van der Waals surface area contributed by atoms with Crippen molar-refractivity contribution in [2.45, 2.75) is 25.3 Å². The Balaban J connectivity index is 1.75. The minimum absolute atomic E-state index is 0.301. The van der Waals surface area contributed by atoms with Gasteiger partial charge in [-0.25, -0.2) is 13.5 Å². The molecule has 1 N–H and O–H groups in total. The number of aromatic nitrogens is 3. The van der Waals surface area contributed by atoms with Crippen LogP contribution in [0.3, 0.4) is 0 Å². The first kappa shape index (κ1) is 15.3. The van der Waals surface area contributed by atoms with Gasteiger partial charge in [0.25, 0.3) is 0 Å². The Morgan fingerprint density at radius 3 is 2.81 bits per heavy atom. The average Bonchev–Trinajstić information content (AvgIpc) is 3.04. The Morgan fingerprint density at radius 2 is 1.92 bits per heavy atom. The third kappa shape index (κ3) is 2.25. The molecule has 2 aromatic carbocycles. The monoisotopic (exact) mass is 350 g/mol. The van der Waals surface area contributed by atoms with Crippen LogP contribution >= 0.6 is 0 Å². The van der Waals surface area contributed by atoms with Crippen LogP contribution in [0, 0.1) is 11.6 Å². The molecule has 6 heteroatoms. The van der Waals surface area contributed by atoms with Gasteiger partial charge in [0.05, 0.1) is 5.70 Å². The van der Waals surface area contributed by atoms with Gasteiger partial charge in [-0.3, -0.25) is 0 Å². The first-order valence-electron chi connectivity index (χ1n) is 8.65. The van der Waals surface area contributed by atoms with Crippen LogP contribution in [-0.4, -0.2) is 14.8 Å². The van der Waals surface area contributed by atoms with Gasteiger partial charge in [-0.05, 0) is 48.1 Å². The molecule has 1 aromatic heterocycles. The molecule has 2 aliphatic rings. The van der Waals surface area contributed by atoms with Gasteiger partial charge >= 0.3 is 0 Å². The summed E-state index contributed by atoms with van der Waals surface area (Å²) in [6.07, 6.45) is 4.29. The maximum absolute atomic E-state index is 13.9. The van der Waals surface area contributed by atoms with Crippen molar-refractivity contribution in [2.75, 3.05) is 5.32 Å².